The van der Waals surface area contributed by atoms with Gasteiger partial charge in [0.25, 0.3) is 0 Å². The first-order valence-corrected chi connectivity index (χ1v) is 9.95. The van der Waals surface area contributed by atoms with Crippen LogP contribution >= 0.6 is 11.3 Å². The molecule has 2 fully saturated rings. The van der Waals surface area contributed by atoms with Crippen molar-refractivity contribution in [2.45, 2.75) is 18.1 Å². The van der Waals surface area contributed by atoms with Crippen LogP contribution in [0, 0.1) is 0 Å². The van der Waals surface area contributed by atoms with Gasteiger partial charge in [0.05, 0.1) is 10.9 Å². The van der Waals surface area contributed by atoms with E-state index in [1.807, 2.05) is 35.5 Å². The topological polar surface area (TPSA) is 58.6 Å². The van der Waals surface area contributed by atoms with Crippen LogP contribution in [-0.2, 0) is 15.1 Å². The molecule has 1 amide bonds. The van der Waals surface area contributed by atoms with Crippen LogP contribution in [-0.4, -0.2) is 53.6 Å². The summed E-state index contributed by atoms with van der Waals surface area (Å²) in [5, 5.41) is 3.12. The van der Waals surface area contributed by atoms with Gasteiger partial charge >= 0.3 is 0 Å². The summed E-state index contributed by atoms with van der Waals surface area (Å²) in [4.78, 5) is 26.6. The van der Waals surface area contributed by atoms with Gasteiger partial charge < -0.3 is 14.5 Å². The van der Waals surface area contributed by atoms with E-state index >= 15 is 0 Å². The van der Waals surface area contributed by atoms with E-state index in [-0.39, 0.29) is 18.6 Å². The normalized spacial score (nSPS) is 25.7. The molecule has 27 heavy (non-hydrogen) atoms. The Hall–Kier alpha value is -2.51. The van der Waals surface area contributed by atoms with Crippen LogP contribution in [0.15, 0.2) is 48.1 Å². The summed E-state index contributed by atoms with van der Waals surface area (Å²) in [5.41, 5.74) is 0.696. The summed E-state index contributed by atoms with van der Waals surface area (Å²) in [6, 6.07) is 12.3. The first kappa shape index (κ1) is 16.6. The highest BCUT2D eigenvalue weighted by Crippen LogP contribution is 2.43. The summed E-state index contributed by atoms with van der Waals surface area (Å²) in [6.07, 6.45) is 2.31. The van der Waals surface area contributed by atoms with Gasteiger partial charge in [0.2, 0.25) is 5.91 Å². The monoisotopic (exact) mass is 380 g/mol. The number of fused-ring (bicyclic) bond motifs is 2. The van der Waals surface area contributed by atoms with E-state index in [9.17, 15) is 4.79 Å². The lowest BCUT2D eigenvalue weighted by molar-refractivity contribution is -0.173. The Kier molecular flexibility index (Phi) is 3.87. The number of hydrogen-bond donors (Lipinski definition) is 0. The molecule has 2 saturated heterocycles. The molecular formula is C20H20N4O2S. The van der Waals surface area contributed by atoms with Gasteiger partial charge in [-0.05, 0) is 23.4 Å². The van der Waals surface area contributed by atoms with Crippen LogP contribution in [0.3, 0.4) is 0 Å². The van der Waals surface area contributed by atoms with Crippen LogP contribution in [0.1, 0.15) is 12.0 Å². The zero-order valence-corrected chi connectivity index (χ0v) is 15.9. The van der Waals surface area contributed by atoms with Gasteiger partial charge in [-0.25, -0.2) is 9.97 Å². The SMILES string of the molecule is CN1C(=O)CO[C@@H]2CN(c3ncnc4sccc34)CC[C@]21c1ccccc1. The number of morpholine rings is 1. The lowest BCUT2D eigenvalue weighted by Gasteiger charge is -2.55. The summed E-state index contributed by atoms with van der Waals surface area (Å²) in [6.45, 7) is 1.62. The van der Waals surface area contributed by atoms with Gasteiger partial charge in [0.1, 0.15) is 29.7 Å². The van der Waals surface area contributed by atoms with Crippen LogP contribution in [0.4, 0.5) is 5.82 Å². The number of anilines is 1. The minimum Gasteiger partial charge on any atom is -0.364 e. The van der Waals surface area contributed by atoms with E-state index in [0.29, 0.717) is 6.54 Å². The van der Waals surface area contributed by atoms with Gasteiger partial charge in [-0.2, -0.15) is 0 Å². The van der Waals surface area contributed by atoms with E-state index in [1.165, 1.54) is 0 Å². The maximum atomic E-state index is 12.5. The summed E-state index contributed by atoms with van der Waals surface area (Å²) in [7, 11) is 1.91. The van der Waals surface area contributed by atoms with E-state index in [4.69, 9.17) is 4.74 Å². The van der Waals surface area contributed by atoms with Crippen molar-refractivity contribution in [3.8, 4) is 0 Å². The molecule has 138 valence electrons. The van der Waals surface area contributed by atoms with Crippen molar-refractivity contribution >= 4 is 33.3 Å². The van der Waals surface area contributed by atoms with Crippen LogP contribution in [0.25, 0.3) is 10.2 Å². The van der Waals surface area contributed by atoms with Crippen molar-refractivity contribution in [3.05, 3.63) is 53.7 Å². The Balaban J connectivity index is 1.55. The molecule has 0 aliphatic carbocycles. The number of carbonyl (C=O) groups excluding carboxylic acids is 1. The van der Waals surface area contributed by atoms with Crippen molar-refractivity contribution < 1.29 is 9.53 Å². The van der Waals surface area contributed by atoms with Crippen molar-refractivity contribution in [1.29, 1.82) is 0 Å². The number of benzene rings is 1. The minimum absolute atomic E-state index is 0.0332. The lowest BCUT2D eigenvalue weighted by atomic mass is 9.76. The van der Waals surface area contributed by atoms with E-state index in [0.717, 1.165) is 34.6 Å². The van der Waals surface area contributed by atoms with Crippen molar-refractivity contribution in [1.82, 2.24) is 14.9 Å². The fourth-order valence-corrected chi connectivity index (χ4v) is 5.17. The minimum atomic E-state index is -0.437. The first-order chi connectivity index (χ1) is 13.2. The van der Waals surface area contributed by atoms with E-state index < -0.39 is 5.54 Å². The quantitative estimate of drug-likeness (QED) is 0.684. The van der Waals surface area contributed by atoms with E-state index in [2.05, 4.69) is 33.1 Å². The molecule has 0 saturated carbocycles. The molecule has 2 aromatic heterocycles. The largest absolute Gasteiger partial charge is 0.364 e. The summed E-state index contributed by atoms with van der Waals surface area (Å²) in [5.74, 6) is 0.983. The fraction of sp³-hybridized carbons (Fsp3) is 0.350. The molecule has 0 radical (unpaired) electrons. The molecule has 0 spiro atoms. The molecule has 0 unspecified atom stereocenters. The third kappa shape index (κ3) is 2.45. The molecule has 2 aliphatic heterocycles. The second kappa shape index (κ2) is 6.28. The molecule has 2 aliphatic rings. The highest BCUT2D eigenvalue weighted by molar-refractivity contribution is 7.16. The Labute approximate surface area is 161 Å². The molecule has 5 rings (SSSR count). The predicted octanol–water partition coefficient (Wildman–Crippen LogP) is 2.65. The van der Waals surface area contributed by atoms with Crippen LogP contribution in [0.2, 0.25) is 0 Å². The number of hydrogen-bond acceptors (Lipinski definition) is 6. The van der Waals surface area contributed by atoms with Crippen LogP contribution in [0.5, 0.6) is 0 Å². The predicted molar refractivity (Wildman–Crippen MR) is 105 cm³/mol. The number of nitrogens with zero attached hydrogens (tertiary/aromatic N) is 4. The number of amides is 1. The highest BCUT2D eigenvalue weighted by atomic mass is 32.1. The molecule has 6 nitrogen and oxygen atoms in total. The second-order valence-electron chi connectivity index (χ2n) is 7.08. The molecule has 3 aromatic rings. The number of likely N-dealkylation sites (N-methyl/N-ethyl adjacent to an activating group) is 1. The van der Waals surface area contributed by atoms with Crippen molar-refractivity contribution in [2.75, 3.05) is 31.6 Å². The third-order valence-electron chi connectivity index (χ3n) is 5.88. The summed E-state index contributed by atoms with van der Waals surface area (Å²) >= 11 is 1.62. The third-order valence-corrected chi connectivity index (χ3v) is 6.70. The van der Waals surface area contributed by atoms with Gasteiger partial charge in [0.15, 0.2) is 0 Å². The first-order valence-electron chi connectivity index (χ1n) is 9.07. The lowest BCUT2D eigenvalue weighted by Crippen LogP contribution is -2.67. The molecule has 4 heterocycles. The number of carbonyl (C=O) groups is 1. The van der Waals surface area contributed by atoms with Crippen LogP contribution < -0.4 is 4.90 Å². The average Bonchev–Trinajstić information content (AvgIpc) is 3.20. The Morgan fingerprint density at radius 1 is 1.22 bits per heavy atom. The zero-order chi connectivity index (χ0) is 18.4. The van der Waals surface area contributed by atoms with Crippen molar-refractivity contribution in [3.63, 3.8) is 0 Å². The summed E-state index contributed by atoms with van der Waals surface area (Å²) < 4.78 is 6.09. The van der Waals surface area contributed by atoms with E-state index in [1.54, 1.807) is 17.7 Å². The van der Waals surface area contributed by atoms with Gasteiger partial charge in [0, 0.05) is 20.1 Å². The maximum Gasteiger partial charge on any atom is 0.249 e. The Morgan fingerprint density at radius 3 is 2.93 bits per heavy atom. The maximum absolute atomic E-state index is 12.5. The molecule has 7 heteroatoms. The molecule has 0 N–H and O–H groups in total. The zero-order valence-electron chi connectivity index (χ0n) is 15.0. The molecule has 1 aromatic carbocycles. The average molecular weight is 380 g/mol. The number of thiophene rings is 1. The molecular weight excluding hydrogens is 360 g/mol. The number of ether oxygens (including phenoxy) is 1. The number of aromatic nitrogens is 2. The van der Waals surface area contributed by atoms with Crippen molar-refractivity contribution in [2.24, 2.45) is 0 Å². The van der Waals surface area contributed by atoms with Gasteiger partial charge in [-0.3, -0.25) is 4.79 Å². The fourth-order valence-electron chi connectivity index (χ4n) is 4.45. The molecule has 0 bridgehead atoms. The number of rotatable bonds is 2. The molecule has 2 atom stereocenters. The smallest absolute Gasteiger partial charge is 0.249 e. The van der Waals surface area contributed by atoms with Gasteiger partial charge in [-0.1, -0.05) is 30.3 Å². The Bertz CT molecular complexity index is 992. The van der Waals surface area contributed by atoms with Gasteiger partial charge in [-0.15, -0.1) is 11.3 Å². The number of piperidine rings is 1. The highest BCUT2D eigenvalue weighted by Gasteiger charge is 2.52. The second-order valence-corrected chi connectivity index (χ2v) is 7.97. The standard InChI is InChI=1S/C20H20N4O2S/c1-23-17(25)12-26-16-11-24(18-15-7-10-27-19(15)22-13-21-18)9-8-20(16,23)14-5-3-2-4-6-14/h2-7,10,13,16H,8-9,11-12H2,1H3/t16-,20+/m1/s1. The Morgan fingerprint density at radius 2 is 2.07 bits per heavy atom.